The molecule has 0 aliphatic heterocycles. The van der Waals surface area contributed by atoms with Crippen LogP contribution in [-0.4, -0.2) is 32.3 Å². The van der Waals surface area contributed by atoms with Gasteiger partial charge in [0.15, 0.2) is 6.10 Å². The van der Waals surface area contributed by atoms with Crippen LogP contribution < -0.4 is 10.9 Å². The van der Waals surface area contributed by atoms with Crippen LogP contribution in [-0.2, 0) is 16.6 Å². The number of amides is 1. The molecule has 8 heteroatoms. The molecule has 0 aliphatic rings. The Morgan fingerprint density at radius 2 is 1.76 bits per heavy atom. The van der Waals surface area contributed by atoms with Crippen molar-refractivity contribution in [3.63, 3.8) is 0 Å². The Hall–Kier alpha value is -4.07. The number of rotatable bonds is 5. The largest absolute Gasteiger partial charge is 0.448 e. The molecule has 0 radical (unpaired) electrons. The van der Waals surface area contributed by atoms with Crippen LogP contribution in [0.4, 0.5) is 5.69 Å². The number of anilines is 1. The fourth-order valence-corrected chi connectivity index (χ4v) is 3.92. The zero-order valence-corrected chi connectivity index (χ0v) is 19.2. The molecule has 2 aromatic carbocycles. The van der Waals surface area contributed by atoms with E-state index in [-0.39, 0.29) is 16.9 Å². The number of carbonyl (C=O) groups excluding carboxylic acids is 2. The second kappa shape index (κ2) is 8.46. The first-order chi connectivity index (χ1) is 15.7. The van der Waals surface area contributed by atoms with Crippen LogP contribution in [0.25, 0.3) is 16.6 Å². The molecule has 0 aliphatic carbocycles. The van der Waals surface area contributed by atoms with Crippen LogP contribution in [0.15, 0.2) is 53.3 Å². The molecule has 0 saturated carbocycles. The smallest absolute Gasteiger partial charge is 0.355 e. The van der Waals surface area contributed by atoms with E-state index >= 15 is 0 Å². The summed E-state index contributed by atoms with van der Waals surface area (Å²) >= 11 is 0. The monoisotopic (exact) mass is 446 g/mol. The summed E-state index contributed by atoms with van der Waals surface area (Å²) in [5.74, 6) is -1.23. The molecule has 170 valence electrons. The lowest BCUT2D eigenvalue weighted by Crippen LogP contribution is -2.32. The Morgan fingerprint density at radius 3 is 2.45 bits per heavy atom. The lowest BCUT2D eigenvalue weighted by molar-refractivity contribution is -0.123. The van der Waals surface area contributed by atoms with Gasteiger partial charge >= 0.3 is 5.97 Å². The molecule has 0 fully saturated rings. The number of hydrogen-bond donors (Lipinski definition) is 2. The van der Waals surface area contributed by atoms with Crippen LogP contribution >= 0.6 is 0 Å². The average Bonchev–Trinajstić information content (AvgIpc) is 3.29. The van der Waals surface area contributed by atoms with Crippen LogP contribution in [0.3, 0.4) is 0 Å². The highest BCUT2D eigenvalue weighted by molar-refractivity contribution is 5.99. The molecule has 2 heterocycles. The molecule has 2 aromatic heterocycles. The van der Waals surface area contributed by atoms with Gasteiger partial charge in [-0.1, -0.05) is 24.3 Å². The molecule has 0 bridgehead atoms. The van der Waals surface area contributed by atoms with E-state index in [9.17, 15) is 14.4 Å². The van der Waals surface area contributed by atoms with Crippen molar-refractivity contribution in [3.8, 4) is 5.69 Å². The zero-order valence-electron chi connectivity index (χ0n) is 19.2. The molecule has 1 amide bonds. The van der Waals surface area contributed by atoms with E-state index in [1.807, 2.05) is 44.2 Å². The lowest BCUT2D eigenvalue weighted by Gasteiger charge is -2.12. The van der Waals surface area contributed by atoms with Gasteiger partial charge in [-0.2, -0.15) is 0 Å². The van der Waals surface area contributed by atoms with Crippen LogP contribution in [0.2, 0.25) is 0 Å². The van der Waals surface area contributed by atoms with Gasteiger partial charge in [0.25, 0.3) is 11.5 Å². The number of H-pyrrole nitrogens is 1. The van der Waals surface area contributed by atoms with Gasteiger partial charge in [-0.05, 0) is 63.1 Å². The number of nitrogens with one attached hydrogen (secondary N) is 2. The van der Waals surface area contributed by atoms with Crippen molar-refractivity contribution >= 4 is 28.5 Å². The standard InChI is InChI=1S/C25H26N4O4/c1-14-11-15(2)19-13-21(26-20(19)12-14)25(32)33-17(4)23(30)27-22-16(3)28(5)29(24(22)31)18-9-7-6-8-10-18/h6-13,17,26H,1-5H3,(H,27,30). The van der Waals surface area contributed by atoms with E-state index in [4.69, 9.17) is 4.74 Å². The molecule has 4 rings (SSSR count). The number of hydrogen-bond acceptors (Lipinski definition) is 4. The third kappa shape index (κ3) is 4.07. The van der Waals surface area contributed by atoms with E-state index in [1.54, 1.807) is 36.9 Å². The van der Waals surface area contributed by atoms with Gasteiger partial charge in [0, 0.05) is 18.0 Å². The quantitative estimate of drug-likeness (QED) is 0.456. The van der Waals surface area contributed by atoms with Gasteiger partial charge < -0.3 is 15.0 Å². The number of nitrogens with zero attached hydrogens (tertiary/aromatic N) is 2. The predicted molar refractivity (Wildman–Crippen MR) is 127 cm³/mol. The maximum Gasteiger partial charge on any atom is 0.355 e. The third-order valence-electron chi connectivity index (χ3n) is 5.76. The summed E-state index contributed by atoms with van der Waals surface area (Å²) < 4.78 is 8.51. The SMILES string of the molecule is Cc1cc(C)c2cc(C(=O)OC(C)C(=O)Nc3c(C)n(C)n(-c4ccccc4)c3=O)[nH]c2c1. The summed E-state index contributed by atoms with van der Waals surface area (Å²) in [6, 6.07) is 14.8. The second-order valence-electron chi connectivity index (χ2n) is 8.20. The minimum atomic E-state index is -1.10. The highest BCUT2D eigenvalue weighted by atomic mass is 16.5. The first-order valence-corrected chi connectivity index (χ1v) is 10.6. The lowest BCUT2D eigenvalue weighted by atomic mass is 10.1. The van der Waals surface area contributed by atoms with Crippen LogP contribution in [0.1, 0.15) is 34.2 Å². The third-order valence-corrected chi connectivity index (χ3v) is 5.76. The zero-order chi connectivity index (χ0) is 23.9. The molecule has 8 nitrogen and oxygen atoms in total. The Bertz CT molecular complexity index is 1430. The summed E-state index contributed by atoms with van der Waals surface area (Å²) in [6.45, 7) is 7.16. The topological polar surface area (TPSA) is 98.1 Å². The van der Waals surface area contributed by atoms with Crippen LogP contribution in [0.5, 0.6) is 0 Å². The molecule has 1 unspecified atom stereocenters. The summed E-state index contributed by atoms with van der Waals surface area (Å²) in [5.41, 5.74) is 4.25. The summed E-state index contributed by atoms with van der Waals surface area (Å²) in [4.78, 5) is 41.4. The average molecular weight is 447 g/mol. The van der Waals surface area contributed by atoms with E-state index in [1.165, 1.54) is 11.6 Å². The molecule has 0 saturated heterocycles. The molecular weight excluding hydrogens is 420 g/mol. The van der Waals surface area contributed by atoms with Crippen molar-refractivity contribution in [1.29, 1.82) is 0 Å². The second-order valence-corrected chi connectivity index (χ2v) is 8.20. The Kier molecular flexibility index (Phi) is 5.68. The van der Waals surface area contributed by atoms with E-state index in [2.05, 4.69) is 10.3 Å². The number of aromatic nitrogens is 3. The normalized spacial score (nSPS) is 12.0. The minimum Gasteiger partial charge on any atom is -0.448 e. The molecule has 1 atom stereocenters. The maximum absolute atomic E-state index is 13.0. The van der Waals surface area contributed by atoms with Crippen molar-refractivity contribution < 1.29 is 14.3 Å². The molecule has 2 N–H and O–H groups in total. The van der Waals surface area contributed by atoms with Crippen molar-refractivity contribution in [3.05, 3.63) is 81.4 Å². The number of carbonyl (C=O) groups is 2. The highest BCUT2D eigenvalue weighted by Crippen LogP contribution is 2.22. The number of esters is 1. The molecule has 33 heavy (non-hydrogen) atoms. The summed E-state index contributed by atoms with van der Waals surface area (Å²) in [7, 11) is 1.74. The summed E-state index contributed by atoms with van der Waals surface area (Å²) in [6.07, 6.45) is -1.10. The molecular formula is C25H26N4O4. The number of benzene rings is 2. The fourth-order valence-electron chi connectivity index (χ4n) is 3.92. The van der Waals surface area contributed by atoms with Crippen molar-refractivity contribution in [2.24, 2.45) is 7.05 Å². The van der Waals surface area contributed by atoms with E-state index < -0.39 is 18.0 Å². The van der Waals surface area contributed by atoms with E-state index in [0.717, 1.165) is 22.0 Å². The number of para-hydroxylation sites is 1. The number of aromatic amines is 1. The van der Waals surface area contributed by atoms with Crippen molar-refractivity contribution in [2.45, 2.75) is 33.8 Å². The van der Waals surface area contributed by atoms with E-state index in [0.29, 0.717) is 11.4 Å². The van der Waals surface area contributed by atoms with Gasteiger partial charge in [0.2, 0.25) is 0 Å². The Labute approximate surface area is 190 Å². The van der Waals surface area contributed by atoms with Crippen molar-refractivity contribution in [2.75, 3.05) is 5.32 Å². The predicted octanol–water partition coefficient (Wildman–Crippen LogP) is 3.77. The summed E-state index contributed by atoms with van der Waals surface area (Å²) in [5, 5.41) is 3.55. The molecule has 0 spiro atoms. The number of ether oxygens (including phenoxy) is 1. The van der Waals surface area contributed by atoms with Gasteiger partial charge in [-0.25, -0.2) is 9.48 Å². The van der Waals surface area contributed by atoms with Crippen LogP contribution in [0, 0.1) is 20.8 Å². The highest BCUT2D eigenvalue weighted by Gasteiger charge is 2.24. The van der Waals surface area contributed by atoms with Crippen molar-refractivity contribution in [1.82, 2.24) is 14.3 Å². The fraction of sp³-hybridized carbons (Fsp3) is 0.240. The van der Waals surface area contributed by atoms with Gasteiger partial charge in [-0.3, -0.25) is 14.3 Å². The Morgan fingerprint density at radius 1 is 1.06 bits per heavy atom. The first kappa shape index (κ1) is 22.1. The number of fused-ring (bicyclic) bond motifs is 1. The Balaban J connectivity index is 1.52. The number of aryl methyl sites for hydroxylation is 2. The van der Waals surface area contributed by atoms with Gasteiger partial charge in [0.1, 0.15) is 11.4 Å². The van der Waals surface area contributed by atoms with Gasteiger partial charge in [-0.15, -0.1) is 0 Å². The first-order valence-electron chi connectivity index (χ1n) is 10.6. The van der Waals surface area contributed by atoms with Gasteiger partial charge in [0.05, 0.1) is 11.4 Å². The maximum atomic E-state index is 13.0. The minimum absolute atomic E-state index is 0.144. The molecule has 4 aromatic rings.